The maximum absolute atomic E-state index is 14.0. The number of aromatic nitrogens is 2. The largest absolute Gasteiger partial charge is 0.351 e. The highest BCUT2D eigenvalue weighted by Gasteiger charge is 2.34. The maximum Gasteiger partial charge on any atom is 0.258 e. The number of nitrogens with zero attached hydrogens (tertiary/aromatic N) is 3. The molecular weight excluding hydrogens is 447 g/mol. The fourth-order valence-electron chi connectivity index (χ4n) is 3.83. The van der Waals surface area contributed by atoms with Crippen molar-refractivity contribution >= 4 is 34.5 Å². The maximum atomic E-state index is 14.0. The Hall–Kier alpha value is -2.77. The fourth-order valence-corrected chi connectivity index (χ4v) is 4.30. The Balaban J connectivity index is 1.77. The molecule has 32 heavy (non-hydrogen) atoms. The number of hydrogen-bond donors (Lipinski definition) is 1. The van der Waals surface area contributed by atoms with Crippen molar-refractivity contribution in [3.63, 3.8) is 0 Å². The second-order valence-electron chi connectivity index (χ2n) is 7.73. The summed E-state index contributed by atoms with van der Waals surface area (Å²) < 4.78 is 19.7. The third-order valence-electron chi connectivity index (χ3n) is 5.52. The van der Waals surface area contributed by atoms with Crippen LogP contribution in [0.5, 0.6) is 0 Å². The van der Waals surface area contributed by atoms with Crippen molar-refractivity contribution in [2.24, 2.45) is 0 Å². The van der Waals surface area contributed by atoms with Gasteiger partial charge in [-0.1, -0.05) is 48.7 Å². The van der Waals surface area contributed by atoms with E-state index in [4.69, 9.17) is 28.3 Å². The lowest BCUT2D eigenvalue weighted by Gasteiger charge is -2.37. The zero-order valence-corrected chi connectivity index (χ0v) is 19.5. The summed E-state index contributed by atoms with van der Waals surface area (Å²) in [5, 5.41) is 8.77. The van der Waals surface area contributed by atoms with E-state index in [2.05, 4.69) is 27.3 Å². The molecule has 0 saturated carbocycles. The van der Waals surface area contributed by atoms with Gasteiger partial charge in [0.1, 0.15) is 5.82 Å². The molecule has 0 fully saturated rings. The SMILES string of the molecule is CCCCCN1C(=S)NC(c2cccc(F)c2)C(c2nc(-c3ccc(Cl)cc3)no2)=C1C. The van der Waals surface area contributed by atoms with Gasteiger partial charge in [-0.15, -0.1) is 0 Å². The lowest BCUT2D eigenvalue weighted by atomic mass is 9.94. The molecule has 0 aliphatic carbocycles. The van der Waals surface area contributed by atoms with Crippen LogP contribution >= 0.6 is 23.8 Å². The second kappa shape index (κ2) is 9.79. The van der Waals surface area contributed by atoms with Gasteiger partial charge < -0.3 is 14.7 Å². The Morgan fingerprint density at radius 3 is 2.69 bits per heavy atom. The van der Waals surface area contributed by atoms with E-state index in [9.17, 15) is 4.39 Å². The number of rotatable bonds is 7. The third-order valence-corrected chi connectivity index (χ3v) is 6.11. The predicted octanol–water partition coefficient (Wildman–Crippen LogP) is 6.38. The van der Waals surface area contributed by atoms with E-state index >= 15 is 0 Å². The zero-order chi connectivity index (χ0) is 22.7. The summed E-state index contributed by atoms with van der Waals surface area (Å²) in [6.07, 6.45) is 3.23. The van der Waals surface area contributed by atoms with Crippen LogP contribution in [0.1, 0.15) is 50.6 Å². The average molecular weight is 471 g/mol. The van der Waals surface area contributed by atoms with Gasteiger partial charge in [-0.3, -0.25) is 0 Å². The molecule has 0 amide bonds. The van der Waals surface area contributed by atoms with Gasteiger partial charge in [-0.05, 0) is 67.5 Å². The number of nitrogens with one attached hydrogen (secondary N) is 1. The molecule has 2 heterocycles. The minimum atomic E-state index is -0.404. The molecule has 1 aliphatic rings. The second-order valence-corrected chi connectivity index (χ2v) is 8.55. The molecule has 4 rings (SSSR count). The highest BCUT2D eigenvalue weighted by molar-refractivity contribution is 7.80. The van der Waals surface area contributed by atoms with Gasteiger partial charge in [0, 0.05) is 22.8 Å². The molecule has 1 N–H and O–H groups in total. The lowest BCUT2D eigenvalue weighted by Crippen LogP contribution is -2.46. The highest BCUT2D eigenvalue weighted by atomic mass is 35.5. The molecule has 1 atom stereocenters. The van der Waals surface area contributed by atoms with Gasteiger partial charge in [0.15, 0.2) is 5.11 Å². The van der Waals surface area contributed by atoms with Gasteiger partial charge >= 0.3 is 0 Å². The Morgan fingerprint density at radius 2 is 1.97 bits per heavy atom. The van der Waals surface area contributed by atoms with E-state index in [-0.39, 0.29) is 5.82 Å². The molecular formula is C24H24ClFN4OS. The van der Waals surface area contributed by atoms with Crippen LogP contribution in [-0.2, 0) is 0 Å². The van der Waals surface area contributed by atoms with Crippen molar-refractivity contribution in [2.75, 3.05) is 6.54 Å². The molecule has 1 unspecified atom stereocenters. The standard InChI is InChI=1S/C24H24ClFN4OS/c1-3-4-5-13-30-15(2)20(21(27-24(30)32)17-7-6-8-19(26)14-17)23-28-22(29-31-23)16-9-11-18(25)12-10-16/h6-12,14,21H,3-5,13H2,1-2H3,(H,27,32). The topological polar surface area (TPSA) is 54.2 Å². The predicted molar refractivity (Wildman–Crippen MR) is 128 cm³/mol. The van der Waals surface area contributed by atoms with Crippen LogP contribution in [0.25, 0.3) is 17.0 Å². The summed E-state index contributed by atoms with van der Waals surface area (Å²) in [6, 6.07) is 13.3. The lowest BCUT2D eigenvalue weighted by molar-refractivity contribution is 0.395. The van der Waals surface area contributed by atoms with Gasteiger partial charge in [0.25, 0.3) is 5.89 Å². The summed E-state index contributed by atoms with van der Waals surface area (Å²) in [5.41, 5.74) is 3.24. The van der Waals surface area contributed by atoms with Gasteiger partial charge in [-0.2, -0.15) is 4.98 Å². The van der Waals surface area contributed by atoms with E-state index in [0.29, 0.717) is 21.9 Å². The van der Waals surface area contributed by atoms with Crippen molar-refractivity contribution < 1.29 is 8.91 Å². The molecule has 2 aromatic carbocycles. The highest BCUT2D eigenvalue weighted by Crippen LogP contribution is 2.37. The van der Waals surface area contributed by atoms with Crippen molar-refractivity contribution in [3.05, 3.63) is 76.5 Å². The molecule has 5 nitrogen and oxygen atoms in total. The first-order chi connectivity index (χ1) is 15.5. The first-order valence-electron chi connectivity index (χ1n) is 10.6. The quantitative estimate of drug-likeness (QED) is 0.319. The van der Waals surface area contributed by atoms with Crippen LogP contribution in [0.3, 0.4) is 0 Å². The van der Waals surface area contributed by atoms with E-state index in [1.54, 1.807) is 18.2 Å². The van der Waals surface area contributed by atoms with Crippen LogP contribution in [0.15, 0.2) is 58.8 Å². The molecule has 0 bridgehead atoms. The molecule has 0 saturated heterocycles. The van der Waals surface area contributed by atoms with Crippen molar-refractivity contribution in [1.29, 1.82) is 0 Å². The normalized spacial score (nSPS) is 16.4. The minimum absolute atomic E-state index is 0.315. The third kappa shape index (κ3) is 4.69. The Kier molecular flexibility index (Phi) is 6.86. The molecule has 3 aromatic rings. The van der Waals surface area contributed by atoms with E-state index in [1.165, 1.54) is 12.1 Å². The minimum Gasteiger partial charge on any atom is -0.351 e. The number of benzene rings is 2. The van der Waals surface area contributed by atoms with E-state index in [1.807, 2.05) is 25.1 Å². The first kappa shape index (κ1) is 22.4. The van der Waals surface area contributed by atoms with Crippen molar-refractivity contribution in [3.8, 4) is 11.4 Å². The Morgan fingerprint density at radius 1 is 1.19 bits per heavy atom. The molecule has 1 aliphatic heterocycles. The van der Waals surface area contributed by atoms with Gasteiger partial charge in [0.05, 0.1) is 11.6 Å². The number of halogens is 2. The number of thiocarbonyl (C=S) groups is 1. The molecule has 8 heteroatoms. The molecule has 1 aromatic heterocycles. The van der Waals surface area contributed by atoms with E-state index in [0.717, 1.165) is 48.2 Å². The van der Waals surface area contributed by atoms with Crippen molar-refractivity contribution in [1.82, 2.24) is 20.4 Å². The van der Waals surface area contributed by atoms with Crippen molar-refractivity contribution in [2.45, 2.75) is 39.2 Å². The molecule has 166 valence electrons. The summed E-state index contributed by atoms with van der Waals surface area (Å²) in [4.78, 5) is 6.71. The number of unbranched alkanes of at least 4 members (excludes halogenated alkanes) is 2. The Bertz CT molecular complexity index is 1140. The monoisotopic (exact) mass is 470 g/mol. The van der Waals surface area contributed by atoms with Gasteiger partial charge in [0.2, 0.25) is 5.82 Å². The zero-order valence-electron chi connectivity index (χ0n) is 17.9. The first-order valence-corrected chi connectivity index (χ1v) is 11.4. The summed E-state index contributed by atoms with van der Waals surface area (Å²) in [7, 11) is 0. The Labute approximate surface area is 197 Å². The molecule has 0 spiro atoms. The van der Waals surface area contributed by atoms with Crippen LogP contribution < -0.4 is 5.32 Å². The van der Waals surface area contributed by atoms with Gasteiger partial charge in [-0.25, -0.2) is 4.39 Å². The fraction of sp³-hybridized carbons (Fsp3) is 0.292. The summed E-state index contributed by atoms with van der Waals surface area (Å²) in [5.74, 6) is 0.517. The summed E-state index contributed by atoms with van der Waals surface area (Å²) in [6.45, 7) is 4.94. The number of hydrogen-bond acceptors (Lipinski definition) is 4. The van der Waals surface area contributed by atoms with Crippen LogP contribution in [-0.4, -0.2) is 26.7 Å². The van der Waals surface area contributed by atoms with E-state index < -0.39 is 6.04 Å². The molecule has 0 radical (unpaired) electrons. The smallest absolute Gasteiger partial charge is 0.258 e. The number of allylic oxidation sites excluding steroid dienone is 1. The van der Waals surface area contributed by atoms with Crippen LogP contribution in [0, 0.1) is 5.82 Å². The average Bonchev–Trinajstić information content (AvgIpc) is 3.26. The van der Waals surface area contributed by atoms with Crippen LogP contribution in [0.4, 0.5) is 4.39 Å². The summed E-state index contributed by atoms with van der Waals surface area (Å²) >= 11 is 11.7. The van der Waals surface area contributed by atoms with Crippen LogP contribution in [0.2, 0.25) is 5.02 Å².